The van der Waals surface area contributed by atoms with Gasteiger partial charge >= 0.3 is 0 Å². The molecule has 2 heterocycles. The van der Waals surface area contributed by atoms with Crippen LogP contribution in [0, 0.1) is 0 Å². The third-order valence-corrected chi connectivity index (χ3v) is 15.7. The van der Waals surface area contributed by atoms with E-state index >= 15 is 0 Å². The molecule has 10 aromatic carbocycles. The normalized spacial score (nSPS) is 13.2. The summed E-state index contributed by atoms with van der Waals surface area (Å²) in [4.78, 5) is 0. The summed E-state index contributed by atoms with van der Waals surface area (Å²) in [5.41, 5.74) is 19.3. The predicted molar refractivity (Wildman–Crippen MR) is 272 cm³/mol. The van der Waals surface area contributed by atoms with Crippen LogP contribution >= 0.6 is 22.7 Å². The Morgan fingerprint density at radius 2 is 0.619 bits per heavy atom. The molecule has 0 saturated heterocycles. The standard InChI is InChI=1S/C61H38S2/c1-2-13-52-49(10-1)53-17-7-14-46(42-30-22-38(23-31-42)39-24-32-43(33-25-39)47-15-8-18-54-50-11-3-5-20-56(50)62-60(47)54)59(53)58(52)45-36-28-41(29-37-45)40-26-34-44(35-27-40)48-16-9-19-55-51-12-4-6-21-57(51)63-61(48)55/h1-37,58H. The fourth-order valence-corrected chi connectivity index (χ4v) is 12.7. The molecule has 0 bridgehead atoms. The molecule has 0 aliphatic heterocycles. The van der Waals surface area contributed by atoms with E-state index in [2.05, 4.69) is 224 Å². The molecule has 0 saturated carbocycles. The fraction of sp³-hybridized carbons (Fsp3) is 0.0164. The SMILES string of the molecule is c1ccc2c(c1)-c1cccc(-c3ccc(-c4ccc(-c5cccc6c5sc5ccccc56)cc4)cc3)c1C2c1ccc(-c2ccc(-c3cccc4c3sc3ccccc34)cc2)cc1. The van der Waals surface area contributed by atoms with Crippen molar-refractivity contribution < 1.29 is 0 Å². The van der Waals surface area contributed by atoms with Gasteiger partial charge in [0.1, 0.15) is 0 Å². The minimum absolute atomic E-state index is 0.142. The van der Waals surface area contributed by atoms with E-state index in [1.165, 1.54) is 124 Å². The van der Waals surface area contributed by atoms with Crippen molar-refractivity contribution in [2.45, 2.75) is 5.92 Å². The van der Waals surface area contributed by atoms with Gasteiger partial charge < -0.3 is 0 Å². The Morgan fingerprint density at radius 3 is 1.16 bits per heavy atom. The molecule has 0 fully saturated rings. The lowest BCUT2D eigenvalue weighted by Crippen LogP contribution is -2.01. The van der Waals surface area contributed by atoms with Crippen LogP contribution in [0.4, 0.5) is 0 Å². The molecule has 1 aliphatic rings. The highest BCUT2D eigenvalue weighted by Crippen LogP contribution is 2.52. The second-order valence-corrected chi connectivity index (χ2v) is 18.8. The Bertz CT molecular complexity index is 3700. The minimum Gasteiger partial charge on any atom is -0.135 e. The highest BCUT2D eigenvalue weighted by Gasteiger charge is 2.32. The lowest BCUT2D eigenvalue weighted by molar-refractivity contribution is 1.02. The molecule has 2 aromatic heterocycles. The van der Waals surface area contributed by atoms with Gasteiger partial charge in [-0.05, 0) is 95.6 Å². The quantitative estimate of drug-likeness (QED) is 0.157. The van der Waals surface area contributed by atoms with Crippen LogP contribution < -0.4 is 0 Å². The molecular formula is C61H38S2. The summed E-state index contributed by atoms with van der Waals surface area (Å²) in [6.45, 7) is 0. The van der Waals surface area contributed by atoms with Gasteiger partial charge in [0.2, 0.25) is 0 Å². The number of hydrogen-bond donors (Lipinski definition) is 0. The van der Waals surface area contributed by atoms with E-state index < -0.39 is 0 Å². The summed E-state index contributed by atoms with van der Waals surface area (Å²) >= 11 is 3.77. The Balaban J connectivity index is 0.800. The van der Waals surface area contributed by atoms with Gasteiger partial charge in [-0.15, -0.1) is 22.7 Å². The molecule has 1 aliphatic carbocycles. The second kappa shape index (κ2) is 14.6. The van der Waals surface area contributed by atoms with Crippen LogP contribution in [0.5, 0.6) is 0 Å². The number of hydrogen-bond acceptors (Lipinski definition) is 2. The van der Waals surface area contributed by atoms with Crippen molar-refractivity contribution in [3.8, 4) is 66.8 Å². The zero-order valence-corrected chi connectivity index (χ0v) is 35.9. The van der Waals surface area contributed by atoms with E-state index in [4.69, 9.17) is 0 Å². The first-order chi connectivity index (χ1) is 31.2. The maximum Gasteiger partial charge on any atom is 0.0433 e. The number of thiophene rings is 2. The van der Waals surface area contributed by atoms with Crippen LogP contribution in [0.15, 0.2) is 224 Å². The monoisotopic (exact) mass is 834 g/mol. The molecule has 0 amide bonds. The molecule has 294 valence electrons. The number of fused-ring (bicyclic) bond motifs is 9. The molecule has 12 aromatic rings. The molecule has 0 nitrogen and oxygen atoms in total. The average molecular weight is 835 g/mol. The topological polar surface area (TPSA) is 0 Å². The van der Waals surface area contributed by atoms with Crippen LogP contribution in [0.2, 0.25) is 0 Å². The predicted octanol–water partition coefficient (Wildman–Crippen LogP) is 17.9. The van der Waals surface area contributed by atoms with Crippen LogP contribution in [0.3, 0.4) is 0 Å². The summed E-state index contributed by atoms with van der Waals surface area (Å²) in [6.07, 6.45) is 0. The van der Waals surface area contributed by atoms with Crippen LogP contribution in [0.1, 0.15) is 22.6 Å². The van der Waals surface area contributed by atoms with Crippen molar-refractivity contribution in [3.05, 3.63) is 241 Å². The van der Waals surface area contributed by atoms with Gasteiger partial charge in [-0.2, -0.15) is 0 Å². The van der Waals surface area contributed by atoms with E-state index in [0.717, 1.165) is 0 Å². The fourth-order valence-electron chi connectivity index (χ4n) is 10.2. The average Bonchev–Trinajstić information content (AvgIpc) is 4.04. The van der Waals surface area contributed by atoms with Gasteiger partial charge in [-0.1, -0.05) is 212 Å². The maximum absolute atomic E-state index is 2.35. The highest BCUT2D eigenvalue weighted by molar-refractivity contribution is 7.26. The second-order valence-electron chi connectivity index (χ2n) is 16.7. The summed E-state index contributed by atoms with van der Waals surface area (Å²) in [5.74, 6) is 0.142. The van der Waals surface area contributed by atoms with Gasteiger partial charge in [-0.3, -0.25) is 0 Å². The molecule has 63 heavy (non-hydrogen) atoms. The van der Waals surface area contributed by atoms with Gasteiger partial charge in [0.25, 0.3) is 0 Å². The van der Waals surface area contributed by atoms with Crippen molar-refractivity contribution in [2.75, 3.05) is 0 Å². The zero-order chi connectivity index (χ0) is 41.4. The Kier molecular flexibility index (Phi) is 8.44. The highest BCUT2D eigenvalue weighted by atomic mass is 32.1. The first-order valence-corrected chi connectivity index (χ1v) is 23.3. The number of rotatable bonds is 6. The van der Waals surface area contributed by atoms with Crippen molar-refractivity contribution >= 4 is 63.0 Å². The van der Waals surface area contributed by atoms with Gasteiger partial charge in [0, 0.05) is 46.3 Å². The van der Waals surface area contributed by atoms with Gasteiger partial charge in [-0.25, -0.2) is 0 Å². The van der Waals surface area contributed by atoms with E-state index in [-0.39, 0.29) is 5.92 Å². The minimum atomic E-state index is 0.142. The summed E-state index contributed by atoms with van der Waals surface area (Å²) < 4.78 is 5.38. The summed E-state index contributed by atoms with van der Waals surface area (Å²) in [5, 5.41) is 5.34. The van der Waals surface area contributed by atoms with Gasteiger partial charge in [0.05, 0.1) is 0 Å². The zero-order valence-electron chi connectivity index (χ0n) is 34.3. The molecule has 0 N–H and O–H groups in total. The Labute approximate surface area is 374 Å². The lowest BCUT2D eigenvalue weighted by Gasteiger charge is -2.19. The maximum atomic E-state index is 2.35. The first-order valence-electron chi connectivity index (χ1n) is 21.7. The van der Waals surface area contributed by atoms with Crippen LogP contribution in [-0.4, -0.2) is 0 Å². The largest absolute Gasteiger partial charge is 0.135 e. The van der Waals surface area contributed by atoms with Crippen molar-refractivity contribution in [3.63, 3.8) is 0 Å². The van der Waals surface area contributed by atoms with Crippen LogP contribution in [0.25, 0.3) is 107 Å². The van der Waals surface area contributed by atoms with Crippen LogP contribution in [-0.2, 0) is 0 Å². The summed E-state index contributed by atoms with van der Waals surface area (Å²) in [7, 11) is 0. The molecule has 1 unspecified atom stereocenters. The molecular weight excluding hydrogens is 797 g/mol. The Hall–Kier alpha value is -7.36. The van der Waals surface area contributed by atoms with E-state index in [0.29, 0.717) is 0 Å². The smallest absolute Gasteiger partial charge is 0.0433 e. The van der Waals surface area contributed by atoms with Crippen molar-refractivity contribution in [1.82, 2.24) is 0 Å². The lowest BCUT2D eigenvalue weighted by atomic mass is 9.84. The van der Waals surface area contributed by atoms with E-state index in [1.54, 1.807) is 0 Å². The van der Waals surface area contributed by atoms with E-state index in [1.807, 2.05) is 22.7 Å². The van der Waals surface area contributed by atoms with E-state index in [9.17, 15) is 0 Å². The van der Waals surface area contributed by atoms with Gasteiger partial charge in [0.15, 0.2) is 0 Å². The Morgan fingerprint density at radius 1 is 0.254 bits per heavy atom. The molecule has 13 rings (SSSR count). The third-order valence-electron chi connectivity index (χ3n) is 13.3. The molecule has 0 radical (unpaired) electrons. The number of benzene rings is 10. The molecule has 2 heteroatoms. The summed E-state index contributed by atoms with van der Waals surface area (Å²) in [6, 6.07) is 83.4. The van der Waals surface area contributed by atoms with Crippen molar-refractivity contribution in [1.29, 1.82) is 0 Å². The third kappa shape index (κ3) is 5.94. The first kappa shape index (κ1) is 36.3. The molecule has 0 spiro atoms. The molecule has 1 atom stereocenters. The van der Waals surface area contributed by atoms with Crippen molar-refractivity contribution in [2.24, 2.45) is 0 Å².